The number of methoxy groups -OCH3 is 1. The second-order valence-electron chi connectivity index (χ2n) is 4.07. The van der Waals surface area contributed by atoms with E-state index in [0.717, 1.165) is 0 Å². The molecule has 0 aliphatic heterocycles. The van der Waals surface area contributed by atoms with Crippen LogP contribution < -0.4 is 5.32 Å². The summed E-state index contributed by atoms with van der Waals surface area (Å²) in [5.41, 5.74) is 0.394. The molecule has 8 heteroatoms. The number of nitrogens with zero attached hydrogens (tertiary/aromatic N) is 1. The molecule has 0 aliphatic carbocycles. The Kier molecular flexibility index (Phi) is 4.56. The van der Waals surface area contributed by atoms with Crippen molar-refractivity contribution in [1.82, 2.24) is 5.16 Å². The van der Waals surface area contributed by atoms with E-state index < -0.39 is 11.9 Å². The van der Waals surface area contributed by atoms with Gasteiger partial charge in [-0.15, -0.1) is 0 Å². The zero-order chi connectivity index (χ0) is 15.4. The number of anilines is 1. The molecular weight excluding hydrogens is 300 g/mol. The summed E-state index contributed by atoms with van der Waals surface area (Å²) in [6, 6.07) is 5.54. The summed E-state index contributed by atoms with van der Waals surface area (Å²) in [6.07, 6.45) is 0. The molecule has 2 N–H and O–H groups in total. The Morgan fingerprint density at radius 3 is 2.81 bits per heavy atom. The van der Waals surface area contributed by atoms with Crippen molar-refractivity contribution in [2.75, 3.05) is 12.4 Å². The van der Waals surface area contributed by atoms with Crippen molar-refractivity contribution in [2.24, 2.45) is 0 Å². The number of halogens is 1. The van der Waals surface area contributed by atoms with E-state index in [1.807, 2.05) is 0 Å². The highest BCUT2D eigenvalue weighted by Crippen LogP contribution is 2.21. The highest BCUT2D eigenvalue weighted by atomic mass is 35.5. The zero-order valence-corrected chi connectivity index (χ0v) is 11.7. The average molecular weight is 311 g/mol. The molecule has 2 rings (SSSR count). The Bertz CT molecular complexity index is 683. The Hall–Kier alpha value is -2.38. The monoisotopic (exact) mass is 310 g/mol. The summed E-state index contributed by atoms with van der Waals surface area (Å²) >= 11 is 5.82. The maximum Gasteiger partial charge on any atom is 0.337 e. The molecule has 0 spiro atoms. The number of benzene rings is 1. The van der Waals surface area contributed by atoms with E-state index in [1.165, 1.54) is 31.4 Å². The summed E-state index contributed by atoms with van der Waals surface area (Å²) in [5, 5.41) is 15.0. The molecule has 110 valence electrons. The van der Waals surface area contributed by atoms with Crippen molar-refractivity contribution in [1.29, 1.82) is 0 Å². The topological polar surface area (TPSA) is 102 Å². The fourth-order valence-corrected chi connectivity index (χ4v) is 1.85. The number of aromatic nitrogens is 1. The molecule has 1 heterocycles. The fourth-order valence-electron chi connectivity index (χ4n) is 1.59. The first-order valence-corrected chi connectivity index (χ1v) is 6.17. The van der Waals surface area contributed by atoms with E-state index in [2.05, 4.69) is 10.5 Å². The first-order valence-electron chi connectivity index (χ1n) is 5.80. The number of aromatic carboxylic acids is 1. The van der Waals surface area contributed by atoms with Gasteiger partial charge in [-0.1, -0.05) is 16.8 Å². The minimum absolute atomic E-state index is 0.0283. The third-order valence-corrected chi connectivity index (χ3v) is 2.85. The number of rotatable bonds is 5. The molecule has 0 bridgehead atoms. The van der Waals surface area contributed by atoms with Crippen LogP contribution in [0.1, 0.15) is 26.6 Å². The molecule has 1 aromatic carbocycles. The van der Waals surface area contributed by atoms with Crippen LogP contribution in [0.2, 0.25) is 5.02 Å². The van der Waals surface area contributed by atoms with Crippen molar-refractivity contribution in [3.8, 4) is 0 Å². The molecule has 21 heavy (non-hydrogen) atoms. The van der Waals surface area contributed by atoms with E-state index in [0.29, 0.717) is 11.4 Å². The standard InChI is InChI=1S/C13H11ClN2O5/c1-20-6-8-5-11(16-21-8)12(17)15-7-2-3-9(13(18)19)10(14)4-7/h2-5H,6H2,1H3,(H,15,17)(H,18,19). The molecule has 2 aromatic rings. The van der Waals surface area contributed by atoms with Crippen molar-refractivity contribution >= 4 is 29.2 Å². The predicted octanol–water partition coefficient (Wildman–Crippen LogP) is 2.42. The Morgan fingerprint density at radius 2 is 2.19 bits per heavy atom. The van der Waals surface area contributed by atoms with Gasteiger partial charge in [0, 0.05) is 18.9 Å². The van der Waals surface area contributed by atoms with Crippen LogP contribution in [0.5, 0.6) is 0 Å². The highest BCUT2D eigenvalue weighted by molar-refractivity contribution is 6.33. The Balaban J connectivity index is 2.11. The maximum absolute atomic E-state index is 11.9. The molecule has 0 radical (unpaired) electrons. The molecule has 1 amide bonds. The maximum atomic E-state index is 11.9. The minimum atomic E-state index is -1.14. The largest absolute Gasteiger partial charge is 0.478 e. The summed E-state index contributed by atoms with van der Waals surface area (Å²) < 4.78 is 9.75. The van der Waals surface area contributed by atoms with E-state index in [1.54, 1.807) is 0 Å². The molecule has 0 atom stereocenters. The number of hydrogen-bond acceptors (Lipinski definition) is 5. The molecule has 1 aromatic heterocycles. The van der Waals surface area contributed by atoms with Crippen LogP contribution in [0.4, 0.5) is 5.69 Å². The molecule has 0 unspecified atom stereocenters. The lowest BCUT2D eigenvalue weighted by Gasteiger charge is -2.05. The zero-order valence-electron chi connectivity index (χ0n) is 10.9. The lowest BCUT2D eigenvalue weighted by Crippen LogP contribution is -2.12. The molecule has 0 saturated heterocycles. The van der Waals surface area contributed by atoms with Crippen LogP contribution in [0.15, 0.2) is 28.8 Å². The second-order valence-corrected chi connectivity index (χ2v) is 4.47. The van der Waals surface area contributed by atoms with E-state index in [4.69, 9.17) is 26.0 Å². The molecule has 7 nitrogen and oxygen atoms in total. The van der Waals surface area contributed by atoms with Gasteiger partial charge in [-0.2, -0.15) is 0 Å². The summed E-state index contributed by atoms with van der Waals surface area (Å²) in [4.78, 5) is 22.8. The first kappa shape index (κ1) is 15.0. The SMILES string of the molecule is COCc1cc(C(=O)Nc2ccc(C(=O)O)c(Cl)c2)no1. The van der Waals surface area contributed by atoms with E-state index >= 15 is 0 Å². The number of carbonyl (C=O) groups is 2. The number of carboxylic acid groups (broad SMARTS) is 1. The Morgan fingerprint density at radius 1 is 1.43 bits per heavy atom. The van der Waals surface area contributed by atoms with Gasteiger partial charge < -0.3 is 19.7 Å². The first-order chi connectivity index (χ1) is 10.0. The number of amides is 1. The fraction of sp³-hybridized carbons (Fsp3) is 0.154. The number of carbonyl (C=O) groups excluding carboxylic acids is 1. The van der Waals surface area contributed by atoms with Gasteiger partial charge >= 0.3 is 5.97 Å². The minimum Gasteiger partial charge on any atom is -0.478 e. The summed E-state index contributed by atoms with van der Waals surface area (Å²) in [5.74, 6) is -1.22. The van der Waals surface area contributed by atoms with Gasteiger partial charge in [-0.05, 0) is 18.2 Å². The van der Waals surface area contributed by atoms with Crippen LogP contribution >= 0.6 is 11.6 Å². The van der Waals surface area contributed by atoms with Crippen molar-refractivity contribution in [3.63, 3.8) is 0 Å². The van der Waals surface area contributed by atoms with Gasteiger partial charge in [0.2, 0.25) is 0 Å². The van der Waals surface area contributed by atoms with Crippen molar-refractivity contribution < 1.29 is 24.0 Å². The van der Waals surface area contributed by atoms with Gasteiger partial charge in [0.25, 0.3) is 5.91 Å². The van der Waals surface area contributed by atoms with Crippen LogP contribution in [0.25, 0.3) is 0 Å². The molecule has 0 aliphatic rings. The lowest BCUT2D eigenvalue weighted by molar-refractivity contribution is 0.0697. The Labute approximate surface area is 124 Å². The smallest absolute Gasteiger partial charge is 0.337 e. The van der Waals surface area contributed by atoms with Gasteiger partial charge in [-0.3, -0.25) is 4.79 Å². The van der Waals surface area contributed by atoms with Crippen LogP contribution in [-0.2, 0) is 11.3 Å². The molecule has 0 fully saturated rings. The summed E-state index contributed by atoms with van der Waals surface area (Å²) in [6.45, 7) is 0.208. The van der Waals surface area contributed by atoms with Crippen LogP contribution in [-0.4, -0.2) is 29.2 Å². The summed E-state index contributed by atoms with van der Waals surface area (Å²) in [7, 11) is 1.49. The lowest BCUT2D eigenvalue weighted by atomic mass is 10.2. The van der Waals surface area contributed by atoms with Crippen molar-refractivity contribution in [3.05, 3.63) is 46.3 Å². The van der Waals surface area contributed by atoms with Gasteiger partial charge in [-0.25, -0.2) is 4.79 Å². The number of nitrogens with one attached hydrogen (secondary N) is 1. The number of carboxylic acids is 1. The van der Waals surface area contributed by atoms with Gasteiger partial charge in [0.1, 0.15) is 6.61 Å². The average Bonchev–Trinajstić information content (AvgIpc) is 2.87. The number of ether oxygens (including phenoxy) is 1. The third kappa shape index (κ3) is 3.59. The quantitative estimate of drug-likeness (QED) is 0.879. The predicted molar refractivity (Wildman–Crippen MR) is 73.6 cm³/mol. The molecular formula is C13H11ClN2O5. The van der Waals surface area contributed by atoms with Crippen molar-refractivity contribution in [2.45, 2.75) is 6.61 Å². The van der Waals surface area contributed by atoms with E-state index in [9.17, 15) is 9.59 Å². The van der Waals surface area contributed by atoms with Crippen LogP contribution in [0.3, 0.4) is 0 Å². The van der Waals surface area contributed by atoms with E-state index in [-0.39, 0.29) is 22.9 Å². The highest BCUT2D eigenvalue weighted by Gasteiger charge is 2.14. The molecule has 0 saturated carbocycles. The second kappa shape index (κ2) is 6.38. The van der Waals surface area contributed by atoms with Gasteiger partial charge in [0.05, 0.1) is 10.6 Å². The van der Waals surface area contributed by atoms with Gasteiger partial charge in [0.15, 0.2) is 11.5 Å². The number of hydrogen-bond donors (Lipinski definition) is 2. The van der Waals surface area contributed by atoms with Crippen LogP contribution in [0, 0.1) is 0 Å². The normalized spacial score (nSPS) is 10.4. The third-order valence-electron chi connectivity index (χ3n) is 2.54.